The monoisotopic (exact) mass is 440 g/mol. The van der Waals surface area contributed by atoms with Crippen LogP contribution in [0, 0.1) is 6.92 Å². The molecule has 0 saturated carbocycles. The molecule has 4 rings (SSSR count). The number of anilines is 2. The zero-order valence-electron chi connectivity index (χ0n) is 18.4. The Kier molecular flexibility index (Phi) is 7.36. The van der Waals surface area contributed by atoms with Gasteiger partial charge in [-0.15, -0.1) is 0 Å². The minimum absolute atomic E-state index is 0.297. The van der Waals surface area contributed by atoms with Gasteiger partial charge in [0.25, 0.3) is 0 Å². The largest absolute Gasteiger partial charge is 0.382 e. The van der Waals surface area contributed by atoms with Crippen LogP contribution in [-0.4, -0.2) is 67.6 Å². The number of hydrogen-bond donors (Lipinski definition) is 1. The summed E-state index contributed by atoms with van der Waals surface area (Å²) in [5.41, 5.74) is 3.70. The van der Waals surface area contributed by atoms with E-state index in [-0.39, 0.29) is 0 Å². The number of amides is 1. The summed E-state index contributed by atoms with van der Waals surface area (Å²) in [6.07, 6.45) is 2.60. The summed E-state index contributed by atoms with van der Waals surface area (Å²) in [5.74, 6) is 0.297. The fourth-order valence-electron chi connectivity index (χ4n) is 4.45. The molecule has 0 atom stereocenters. The van der Waals surface area contributed by atoms with E-state index in [0.29, 0.717) is 18.4 Å². The predicted octanol–water partition coefficient (Wildman–Crippen LogP) is 4.26. The fourth-order valence-corrected chi connectivity index (χ4v) is 4.58. The van der Waals surface area contributed by atoms with Gasteiger partial charge in [0.1, 0.15) is 0 Å². The molecule has 1 amide bonds. The van der Waals surface area contributed by atoms with Crippen LogP contribution in [0.25, 0.3) is 0 Å². The number of aryl methyl sites for hydroxylation is 1. The lowest BCUT2D eigenvalue weighted by Crippen LogP contribution is -2.48. The molecule has 2 aliphatic rings. The number of benzene rings is 2. The molecule has 2 aromatic carbocycles. The van der Waals surface area contributed by atoms with E-state index in [1.165, 1.54) is 11.3 Å². The molecule has 1 N–H and O–H groups in total. The molecule has 31 heavy (non-hydrogen) atoms. The first-order valence-corrected chi connectivity index (χ1v) is 11.8. The molecule has 0 radical (unpaired) electrons. The topological polar surface area (TPSA) is 38.8 Å². The number of halogens is 1. The Labute approximate surface area is 191 Å². The first-order chi connectivity index (χ1) is 15.1. The van der Waals surface area contributed by atoms with Crippen molar-refractivity contribution < 1.29 is 4.79 Å². The summed E-state index contributed by atoms with van der Waals surface area (Å²) >= 11 is 5.96. The van der Waals surface area contributed by atoms with Crippen molar-refractivity contribution in [2.24, 2.45) is 0 Å². The van der Waals surface area contributed by atoms with Gasteiger partial charge < -0.3 is 15.1 Å². The maximum Gasteiger partial charge on any atom is 0.223 e. The zero-order valence-corrected chi connectivity index (χ0v) is 19.2. The SMILES string of the molecule is Cc1ccc(N2CCN(CCC(=O)N3CCC(Nc4ccc(Cl)cc4)CC3)CC2)cc1. The molecule has 6 heteroatoms. The number of carbonyl (C=O) groups excluding carboxylic acids is 1. The summed E-state index contributed by atoms with van der Waals surface area (Å²) in [7, 11) is 0. The highest BCUT2D eigenvalue weighted by Gasteiger charge is 2.24. The highest BCUT2D eigenvalue weighted by molar-refractivity contribution is 6.30. The van der Waals surface area contributed by atoms with Crippen LogP contribution in [0.1, 0.15) is 24.8 Å². The summed E-state index contributed by atoms with van der Waals surface area (Å²) in [4.78, 5) is 19.6. The van der Waals surface area contributed by atoms with E-state index < -0.39 is 0 Å². The van der Waals surface area contributed by atoms with E-state index in [4.69, 9.17) is 11.6 Å². The molecular formula is C25H33ClN4O. The summed E-state index contributed by atoms with van der Waals surface area (Å²) in [6, 6.07) is 17.0. The van der Waals surface area contributed by atoms with E-state index >= 15 is 0 Å². The normalized spacial score (nSPS) is 18.3. The van der Waals surface area contributed by atoms with Crippen molar-refractivity contribution in [3.05, 3.63) is 59.1 Å². The Balaban J connectivity index is 1.15. The lowest BCUT2D eigenvalue weighted by atomic mass is 10.0. The highest BCUT2D eigenvalue weighted by Crippen LogP contribution is 2.20. The maximum atomic E-state index is 12.7. The summed E-state index contributed by atoms with van der Waals surface area (Å²) in [5, 5.41) is 4.31. The van der Waals surface area contributed by atoms with Gasteiger partial charge in [-0.05, 0) is 56.2 Å². The standard InChI is InChI=1S/C25H33ClN4O/c1-20-2-8-24(9-3-20)29-18-16-28(17-19-29)13-12-25(31)30-14-10-23(11-15-30)27-22-6-4-21(26)5-7-22/h2-9,23,27H,10-19H2,1H3. The Morgan fingerprint density at radius 3 is 2.23 bits per heavy atom. The third-order valence-corrected chi connectivity index (χ3v) is 6.73. The number of rotatable bonds is 6. The fraction of sp³-hybridized carbons (Fsp3) is 0.480. The second-order valence-corrected chi connectivity index (χ2v) is 9.16. The van der Waals surface area contributed by atoms with E-state index in [2.05, 4.69) is 46.3 Å². The van der Waals surface area contributed by atoms with Crippen molar-refractivity contribution in [2.75, 3.05) is 56.0 Å². The number of hydrogen-bond acceptors (Lipinski definition) is 4. The number of nitrogens with zero attached hydrogens (tertiary/aromatic N) is 3. The first kappa shape index (κ1) is 22.0. The number of likely N-dealkylation sites (tertiary alicyclic amines) is 1. The minimum Gasteiger partial charge on any atom is -0.382 e. The minimum atomic E-state index is 0.297. The Morgan fingerprint density at radius 1 is 0.935 bits per heavy atom. The summed E-state index contributed by atoms with van der Waals surface area (Å²) in [6.45, 7) is 8.76. The van der Waals surface area contributed by atoms with Crippen LogP contribution in [0.4, 0.5) is 11.4 Å². The van der Waals surface area contributed by atoms with E-state index in [1.807, 2.05) is 29.2 Å². The van der Waals surface area contributed by atoms with Gasteiger partial charge in [-0.1, -0.05) is 29.3 Å². The zero-order chi connectivity index (χ0) is 21.6. The van der Waals surface area contributed by atoms with Gasteiger partial charge in [0.2, 0.25) is 5.91 Å². The summed E-state index contributed by atoms with van der Waals surface area (Å²) < 4.78 is 0. The van der Waals surface area contributed by atoms with Gasteiger partial charge in [0.05, 0.1) is 0 Å². The molecule has 2 aliphatic heterocycles. The van der Waals surface area contributed by atoms with E-state index in [1.54, 1.807) is 0 Å². The van der Waals surface area contributed by atoms with Crippen molar-refractivity contribution in [3.63, 3.8) is 0 Å². The lowest BCUT2D eigenvalue weighted by molar-refractivity contribution is -0.132. The second-order valence-electron chi connectivity index (χ2n) is 8.72. The molecule has 0 aliphatic carbocycles. The average molecular weight is 441 g/mol. The van der Waals surface area contributed by atoms with Crippen molar-refractivity contribution in [2.45, 2.75) is 32.2 Å². The molecule has 0 spiro atoms. The molecule has 166 valence electrons. The number of carbonyl (C=O) groups is 1. The van der Waals surface area contributed by atoms with E-state index in [9.17, 15) is 4.79 Å². The van der Waals surface area contributed by atoms with Crippen molar-refractivity contribution in [3.8, 4) is 0 Å². The molecule has 2 fully saturated rings. The predicted molar refractivity (Wildman–Crippen MR) is 129 cm³/mol. The third kappa shape index (κ3) is 6.14. The molecular weight excluding hydrogens is 408 g/mol. The van der Waals surface area contributed by atoms with Gasteiger partial charge in [-0.25, -0.2) is 0 Å². The molecule has 2 heterocycles. The maximum absolute atomic E-state index is 12.7. The first-order valence-electron chi connectivity index (χ1n) is 11.4. The van der Waals surface area contributed by atoms with Crippen molar-refractivity contribution in [1.82, 2.24) is 9.80 Å². The van der Waals surface area contributed by atoms with Crippen LogP contribution < -0.4 is 10.2 Å². The van der Waals surface area contributed by atoms with Crippen LogP contribution in [0.15, 0.2) is 48.5 Å². The molecule has 2 aromatic rings. The Morgan fingerprint density at radius 2 is 1.58 bits per heavy atom. The van der Waals surface area contributed by atoms with E-state index in [0.717, 1.165) is 69.4 Å². The average Bonchev–Trinajstić information content (AvgIpc) is 2.80. The van der Waals surface area contributed by atoms with Crippen LogP contribution in [0.5, 0.6) is 0 Å². The van der Waals surface area contributed by atoms with Gasteiger partial charge in [-0.2, -0.15) is 0 Å². The van der Waals surface area contributed by atoms with Crippen LogP contribution in [-0.2, 0) is 4.79 Å². The molecule has 5 nitrogen and oxygen atoms in total. The number of nitrogens with one attached hydrogen (secondary N) is 1. The van der Waals surface area contributed by atoms with Crippen LogP contribution >= 0.6 is 11.6 Å². The number of piperazine rings is 1. The molecule has 0 aromatic heterocycles. The van der Waals surface area contributed by atoms with Gasteiger partial charge >= 0.3 is 0 Å². The third-order valence-electron chi connectivity index (χ3n) is 6.48. The molecule has 0 unspecified atom stereocenters. The molecule has 2 saturated heterocycles. The van der Waals surface area contributed by atoms with Crippen LogP contribution in [0.2, 0.25) is 5.02 Å². The van der Waals surface area contributed by atoms with Gasteiger partial charge in [0.15, 0.2) is 0 Å². The number of piperidine rings is 1. The van der Waals surface area contributed by atoms with Crippen molar-refractivity contribution >= 4 is 28.9 Å². The molecule has 0 bridgehead atoms. The van der Waals surface area contributed by atoms with Gasteiger partial charge in [-0.3, -0.25) is 9.69 Å². The lowest BCUT2D eigenvalue weighted by Gasteiger charge is -2.37. The van der Waals surface area contributed by atoms with Crippen molar-refractivity contribution in [1.29, 1.82) is 0 Å². The quantitative estimate of drug-likeness (QED) is 0.728. The Hall–Kier alpha value is -2.24. The van der Waals surface area contributed by atoms with Crippen LogP contribution in [0.3, 0.4) is 0 Å². The smallest absolute Gasteiger partial charge is 0.223 e. The Bertz CT molecular complexity index is 839. The van der Waals surface area contributed by atoms with Gasteiger partial charge in [0, 0.05) is 74.7 Å². The highest BCUT2D eigenvalue weighted by atomic mass is 35.5. The second kappa shape index (κ2) is 10.4.